The first kappa shape index (κ1) is 15.6. The van der Waals surface area contributed by atoms with Crippen LogP contribution in [0.3, 0.4) is 0 Å². The van der Waals surface area contributed by atoms with Crippen LogP contribution in [-0.4, -0.2) is 43.3 Å². The second-order valence-electron chi connectivity index (χ2n) is 4.37. The highest BCUT2D eigenvalue weighted by atomic mass is 32.2. The number of aliphatic hydroxyl groups is 2. The highest BCUT2D eigenvalue weighted by Gasteiger charge is 2.29. The van der Waals surface area contributed by atoms with Gasteiger partial charge in [-0.1, -0.05) is 6.07 Å². The summed E-state index contributed by atoms with van der Waals surface area (Å²) < 4.78 is 26.3. The van der Waals surface area contributed by atoms with Crippen molar-refractivity contribution in [2.24, 2.45) is 5.73 Å². The van der Waals surface area contributed by atoms with Crippen LogP contribution in [-0.2, 0) is 10.0 Å². The van der Waals surface area contributed by atoms with Gasteiger partial charge in [-0.15, -0.1) is 0 Å². The Morgan fingerprint density at radius 3 is 2.42 bits per heavy atom. The van der Waals surface area contributed by atoms with Crippen molar-refractivity contribution in [3.8, 4) is 0 Å². The molecule has 0 unspecified atom stereocenters. The first-order valence-electron chi connectivity index (χ1n) is 5.40. The third kappa shape index (κ3) is 3.74. The number of sulfonamides is 1. The van der Waals surface area contributed by atoms with Gasteiger partial charge in [0.25, 0.3) is 0 Å². The monoisotopic (exact) mass is 288 g/mol. The molecule has 1 aromatic rings. The minimum absolute atomic E-state index is 0.0533. The molecule has 5 N–H and O–H groups in total. The van der Waals surface area contributed by atoms with E-state index < -0.39 is 34.7 Å². The molecule has 0 bridgehead atoms. The number of nitrogens with one attached hydrogen (secondary N) is 1. The smallest absolute Gasteiger partial charge is 0.248 e. The first-order valence-corrected chi connectivity index (χ1v) is 6.88. The first-order chi connectivity index (χ1) is 8.74. The Kier molecular flexibility index (Phi) is 4.64. The lowest BCUT2D eigenvalue weighted by Gasteiger charge is -2.25. The van der Waals surface area contributed by atoms with Crippen molar-refractivity contribution >= 4 is 15.9 Å². The van der Waals surface area contributed by atoms with Gasteiger partial charge in [-0.25, -0.2) is 13.1 Å². The van der Waals surface area contributed by atoms with E-state index in [1.807, 2.05) is 0 Å². The van der Waals surface area contributed by atoms with Gasteiger partial charge in [0.2, 0.25) is 15.9 Å². The molecule has 0 radical (unpaired) electrons. The molecule has 106 valence electrons. The third-order valence-corrected chi connectivity index (χ3v) is 4.14. The Labute approximate surface area is 111 Å². The summed E-state index contributed by atoms with van der Waals surface area (Å²) in [7, 11) is -3.98. The van der Waals surface area contributed by atoms with Gasteiger partial charge >= 0.3 is 0 Å². The highest BCUT2D eigenvalue weighted by molar-refractivity contribution is 7.89. The summed E-state index contributed by atoms with van der Waals surface area (Å²) in [4.78, 5) is 10.8. The second-order valence-corrected chi connectivity index (χ2v) is 6.06. The van der Waals surface area contributed by atoms with Crippen LogP contribution < -0.4 is 10.5 Å². The Balaban J connectivity index is 3.14. The van der Waals surface area contributed by atoms with E-state index in [1.54, 1.807) is 0 Å². The zero-order valence-corrected chi connectivity index (χ0v) is 11.1. The summed E-state index contributed by atoms with van der Waals surface area (Å²) >= 11 is 0. The van der Waals surface area contributed by atoms with Gasteiger partial charge in [0.1, 0.15) is 0 Å². The van der Waals surface area contributed by atoms with Crippen molar-refractivity contribution in [3.63, 3.8) is 0 Å². The summed E-state index contributed by atoms with van der Waals surface area (Å²) in [6.45, 7) is 0.207. The van der Waals surface area contributed by atoms with Gasteiger partial charge < -0.3 is 15.9 Å². The van der Waals surface area contributed by atoms with Crippen molar-refractivity contribution in [2.45, 2.75) is 17.4 Å². The van der Waals surface area contributed by atoms with Crippen molar-refractivity contribution in [2.75, 3.05) is 13.2 Å². The summed E-state index contributed by atoms with van der Waals surface area (Å²) in [6, 6.07) is 5.17. The maximum Gasteiger partial charge on any atom is 0.248 e. The van der Waals surface area contributed by atoms with Crippen molar-refractivity contribution < 1.29 is 23.4 Å². The minimum atomic E-state index is -3.98. The third-order valence-electron chi connectivity index (χ3n) is 2.51. The lowest BCUT2D eigenvalue weighted by atomic mass is 10.1. The predicted octanol–water partition coefficient (Wildman–Crippen LogP) is -1.19. The lowest BCUT2D eigenvalue weighted by Crippen LogP contribution is -2.51. The normalized spacial score (nSPS) is 12.4. The number of carbonyl (C=O) groups excluding carboxylic acids is 1. The molecule has 0 aliphatic rings. The molecule has 7 nitrogen and oxygen atoms in total. The molecule has 0 fully saturated rings. The number of amides is 1. The topological polar surface area (TPSA) is 130 Å². The molecule has 0 aliphatic carbocycles. The predicted molar refractivity (Wildman–Crippen MR) is 67.9 cm³/mol. The summed E-state index contributed by atoms with van der Waals surface area (Å²) in [6.07, 6.45) is 0. The summed E-state index contributed by atoms with van der Waals surface area (Å²) in [5, 5.41) is 18.2. The minimum Gasteiger partial charge on any atom is -0.394 e. The Bertz CT molecular complexity index is 566. The molecule has 0 aromatic heterocycles. The van der Waals surface area contributed by atoms with Crippen LogP contribution >= 0.6 is 0 Å². The molecule has 1 amide bonds. The standard InChI is InChI=1S/C11H16N2O5S/c1-11(6-14,7-15)13-19(17,18)9-4-2-3-8(5-9)10(12)16/h2-5,13-15H,6-7H2,1H3,(H2,12,16). The molecule has 0 saturated carbocycles. The number of carbonyl (C=O) groups is 1. The fourth-order valence-electron chi connectivity index (χ4n) is 1.31. The largest absolute Gasteiger partial charge is 0.394 e. The lowest BCUT2D eigenvalue weighted by molar-refractivity contribution is 0.1000. The Morgan fingerprint density at radius 1 is 1.37 bits per heavy atom. The van der Waals surface area contributed by atoms with E-state index in [9.17, 15) is 13.2 Å². The number of hydrogen-bond acceptors (Lipinski definition) is 5. The molecule has 0 heterocycles. The number of rotatable bonds is 6. The number of nitrogens with two attached hydrogens (primary N) is 1. The van der Waals surface area contributed by atoms with Crippen molar-refractivity contribution in [1.82, 2.24) is 4.72 Å². The van der Waals surface area contributed by atoms with Crippen LogP contribution in [0.25, 0.3) is 0 Å². The number of aliphatic hydroxyl groups excluding tert-OH is 2. The van der Waals surface area contributed by atoms with Crippen LogP contribution in [0.1, 0.15) is 17.3 Å². The van der Waals surface area contributed by atoms with E-state index in [2.05, 4.69) is 4.72 Å². The van der Waals surface area contributed by atoms with Gasteiger partial charge in [-0.3, -0.25) is 4.79 Å². The van der Waals surface area contributed by atoms with Gasteiger partial charge in [-0.05, 0) is 25.1 Å². The number of primary amides is 1. The van der Waals surface area contributed by atoms with Gasteiger partial charge in [0.05, 0.1) is 23.6 Å². The average molecular weight is 288 g/mol. The molecular weight excluding hydrogens is 272 g/mol. The molecule has 0 spiro atoms. The van der Waals surface area contributed by atoms with E-state index in [4.69, 9.17) is 15.9 Å². The Morgan fingerprint density at radius 2 is 1.95 bits per heavy atom. The van der Waals surface area contributed by atoms with Crippen molar-refractivity contribution in [3.05, 3.63) is 29.8 Å². The zero-order valence-electron chi connectivity index (χ0n) is 10.3. The van der Waals surface area contributed by atoms with Gasteiger partial charge in [-0.2, -0.15) is 0 Å². The molecule has 0 aliphatic heterocycles. The fraction of sp³-hybridized carbons (Fsp3) is 0.364. The fourth-order valence-corrected chi connectivity index (χ4v) is 2.75. The van der Waals surface area contributed by atoms with Crippen LogP contribution in [0.15, 0.2) is 29.2 Å². The van der Waals surface area contributed by atoms with E-state index in [0.29, 0.717) is 0 Å². The number of benzene rings is 1. The maximum absolute atomic E-state index is 12.1. The van der Waals surface area contributed by atoms with Gasteiger partial charge in [0, 0.05) is 5.56 Å². The van der Waals surface area contributed by atoms with E-state index >= 15 is 0 Å². The van der Waals surface area contributed by atoms with Gasteiger partial charge in [0.15, 0.2) is 0 Å². The molecule has 19 heavy (non-hydrogen) atoms. The molecule has 1 aromatic carbocycles. The second kappa shape index (κ2) is 5.66. The molecule has 8 heteroatoms. The molecule has 0 saturated heterocycles. The summed E-state index contributed by atoms with van der Waals surface area (Å²) in [5.74, 6) is -0.746. The maximum atomic E-state index is 12.1. The van der Waals surface area contributed by atoms with E-state index in [1.165, 1.54) is 25.1 Å². The van der Waals surface area contributed by atoms with Crippen LogP contribution in [0.5, 0.6) is 0 Å². The highest BCUT2D eigenvalue weighted by Crippen LogP contribution is 2.14. The van der Waals surface area contributed by atoms with Crippen LogP contribution in [0.4, 0.5) is 0 Å². The zero-order chi connectivity index (χ0) is 14.7. The summed E-state index contributed by atoms with van der Waals surface area (Å²) in [5.41, 5.74) is 3.74. The molecule has 0 atom stereocenters. The quantitative estimate of drug-likeness (QED) is 0.523. The van der Waals surface area contributed by atoms with E-state index in [-0.39, 0.29) is 10.5 Å². The van der Waals surface area contributed by atoms with Crippen LogP contribution in [0.2, 0.25) is 0 Å². The van der Waals surface area contributed by atoms with Crippen molar-refractivity contribution in [1.29, 1.82) is 0 Å². The molecule has 1 rings (SSSR count). The number of hydrogen-bond donors (Lipinski definition) is 4. The Hall–Kier alpha value is -1.48. The average Bonchev–Trinajstić information content (AvgIpc) is 2.38. The van der Waals surface area contributed by atoms with Crippen LogP contribution in [0, 0.1) is 0 Å². The SMILES string of the molecule is CC(CO)(CO)NS(=O)(=O)c1cccc(C(N)=O)c1. The molecular formula is C11H16N2O5S. The van der Waals surface area contributed by atoms with E-state index in [0.717, 1.165) is 6.07 Å².